The summed E-state index contributed by atoms with van der Waals surface area (Å²) in [7, 11) is -3.59. The molecule has 0 saturated heterocycles. The molecule has 1 fully saturated rings. The predicted molar refractivity (Wildman–Crippen MR) is 84.0 cm³/mol. The number of aromatic nitrogens is 1. The van der Waals surface area contributed by atoms with Gasteiger partial charge in [0.1, 0.15) is 5.01 Å². The third-order valence-corrected chi connectivity index (χ3v) is 6.53. The largest absolute Gasteiger partial charge is 0.248 e. The van der Waals surface area contributed by atoms with E-state index in [1.54, 1.807) is 18.3 Å². The van der Waals surface area contributed by atoms with Gasteiger partial charge in [0.15, 0.2) is 0 Å². The molecule has 1 aromatic heterocycles. The van der Waals surface area contributed by atoms with Crippen LogP contribution in [0.5, 0.6) is 0 Å². The second kappa shape index (κ2) is 5.68. The zero-order chi connectivity index (χ0) is 14.9. The molecule has 0 amide bonds. The highest BCUT2D eigenvalue weighted by Gasteiger charge is 2.41. The Morgan fingerprint density at radius 1 is 1.19 bits per heavy atom. The van der Waals surface area contributed by atoms with Crippen LogP contribution in [-0.4, -0.2) is 13.4 Å². The van der Waals surface area contributed by atoms with Crippen LogP contribution in [-0.2, 0) is 15.6 Å². The fourth-order valence-electron chi connectivity index (χ4n) is 2.73. The molecule has 0 spiro atoms. The first-order valence-corrected chi connectivity index (χ1v) is 9.45. The number of halogens is 1. The fraction of sp³-hybridized carbons (Fsp3) is 0.357. The molecule has 0 aliphatic heterocycles. The Labute approximate surface area is 133 Å². The number of hydrogen-bond donors (Lipinski definition) is 1. The smallest absolute Gasteiger partial charge is 0.241 e. The quantitative estimate of drug-likeness (QED) is 0.924. The van der Waals surface area contributed by atoms with Gasteiger partial charge in [0.2, 0.25) is 10.0 Å². The minimum absolute atomic E-state index is 0.231. The Morgan fingerprint density at radius 2 is 1.86 bits per heavy atom. The molecule has 1 aliphatic carbocycles. The number of nitrogens with one attached hydrogen (secondary N) is 1. The van der Waals surface area contributed by atoms with Gasteiger partial charge in [0.05, 0.1) is 10.4 Å². The van der Waals surface area contributed by atoms with Gasteiger partial charge in [-0.1, -0.05) is 24.4 Å². The zero-order valence-corrected chi connectivity index (χ0v) is 13.6. The number of benzene rings is 1. The van der Waals surface area contributed by atoms with Gasteiger partial charge in [0, 0.05) is 16.6 Å². The van der Waals surface area contributed by atoms with Crippen molar-refractivity contribution in [1.82, 2.24) is 9.71 Å². The Bertz CT molecular complexity index is 706. The lowest BCUT2D eigenvalue weighted by atomic mass is 10.0. The van der Waals surface area contributed by atoms with Gasteiger partial charge in [-0.05, 0) is 37.1 Å². The standard InChI is InChI=1S/C14H15ClN2O2S2/c15-11-3-5-12(6-4-11)21(18,19)17-14(7-1-2-8-14)13-16-9-10-20-13/h3-6,9-10,17H,1-2,7-8H2. The molecule has 21 heavy (non-hydrogen) atoms. The van der Waals surface area contributed by atoms with Gasteiger partial charge in [0.25, 0.3) is 0 Å². The lowest BCUT2D eigenvalue weighted by molar-refractivity contribution is 0.402. The van der Waals surface area contributed by atoms with Gasteiger partial charge >= 0.3 is 0 Å². The lowest BCUT2D eigenvalue weighted by Crippen LogP contribution is -2.43. The van der Waals surface area contributed by atoms with Crippen LogP contribution in [0.15, 0.2) is 40.7 Å². The van der Waals surface area contributed by atoms with Gasteiger partial charge in [-0.3, -0.25) is 0 Å². The molecule has 112 valence electrons. The fourth-order valence-corrected chi connectivity index (χ4v) is 5.20. The van der Waals surface area contributed by atoms with Crippen LogP contribution in [0.3, 0.4) is 0 Å². The number of hydrogen-bond acceptors (Lipinski definition) is 4. The number of sulfonamides is 1. The highest BCUT2D eigenvalue weighted by Crippen LogP contribution is 2.40. The Kier molecular flexibility index (Phi) is 4.05. The summed E-state index contributed by atoms with van der Waals surface area (Å²) in [6.45, 7) is 0. The van der Waals surface area contributed by atoms with E-state index in [1.807, 2.05) is 5.38 Å². The minimum atomic E-state index is -3.59. The van der Waals surface area contributed by atoms with Crippen molar-refractivity contribution < 1.29 is 8.42 Å². The first kappa shape index (κ1) is 15.0. The van der Waals surface area contributed by atoms with Crippen molar-refractivity contribution in [2.24, 2.45) is 0 Å². The van der Waals surface area contributed by atoms with E-state index >= 15 is 0 Å². The van der Waals surface area contributed by atoms with E-state index in [9.17, 15) is 8.42 Å². The summed E-state index contributed by atoms with van der Waals surface area (Å²) in [5.41, 5.74) is -0.563. The lowest BCUT2D eigenvalue weighted by Gasteiger charge is -2.27. The zero-order valence-electron chi connectivity index (χ0n) is 11.3. The molecule has 1 aliphatic rings. The van der Waals surface area contributed by atoms with Crippen molar-refractivity contribution in [1.29, 1.82) is 0 Å². The third kappa shape index (κ3) is 2.99. The van der Waals surface area contributed by atoms with E-state index in [1.165, 1.54) is 23.5 Å². The number of nitrogens with zero attached hydrogens (tertiary/aromatic N) is 1. The van der Waals surface area contributed by atoms with Gasteiger partial charge < -0.3 is 0 Å². The van der Waals surface area contributed by atoms with Crippen molar-refractivity contribution in [2.75, 3.05) is 0 Å². The number of thiazole rings is 1. The molecule has 0 atom stereocenters. The average molecular weight is 343 g/mol. The van der Waals surface area contributed by atoms with E-state index < -0.39 is 15.6 Å². The molecule has 0 bridgehead atoms. The summed E-state index contributed by atoms with van der Waals surface area (Å²) in [4.78, 5) is 4.56. The van der Waals surface area contributed by atoms with E-state index in [0.717, 1.165) is 30.7 Å². The van der Waals surface area contributed by atoms with Crippen molar-refractivity contribution >= 4 is 33.0 Å². The second-order valence-corrected chi connectivity index (χ2v) is 8.20. The normalized spacial score (nSPS) is 18.0. The maximum Gasteiger partial charge on any atom is 0.241 e. The van der Waals surface area contributed by atoms with E-state index in [4.69, 9.17) is 11.6 Å². The van der Waals surface area contributed by atoms with Crippen LogP contribution in [0, 0.1) is 0 Å². The van der Waals surface area contributed by atoms with Crippen molar-refractivity contribution in [3.63, 3.8) is 0 Å². The van der Waals surface area contributed by atoms with Crippen molar-refractivity contribution in [3.8, 4) is 0 Å². The summed E-state index contributed by atoms with van der Waals surface area (Å²) in [5, 5.41) is 3.24. The molecular weight excluding hydrogens is 328 g/mol. The highest BCUT2D eigenvalue weighted by molar-refractivity contribution is 7.89. The molecule has 1 heterocycles. The summed E-state index contributed by atoms with van der Waals surface area (Å²) in [5.74, 6) is 0. The summed E-state index contributed by atoms with van der Waals surface area (Å²) >= 11 is 7.32. The predicted octanol–water partition coefficient (Wildman–Crippen LogP) is 3.54. The second-order valence-electron chi connectivity index (χ2n) is 5.19. The van der Waals surface area contributed by atoms with Crippen molar-refractivity contribution in [3.05, 3.63) is 45.9 Å². The molecule has 1 saturated carbocycles. The molecule has 3 rings (SSSR count). The highest BCUT2D eigenvalue weighted by atomic mass is 35.5. The van der Waals surface area contributed by atoms with Gasteiger partial charge in [-0.15, -0.1) is 11.3 Å². The van der Waals surface area contributed by atoms with Crippen LogP contribution in [0.25, 0.3) is 0 Å². The van der Waals surface area contributed by atoms with Gasteiger partial charge in [-0.2, -0.15) is 4.72 Å². The molecule has 0 radical (unpaired) electrons. The van der Waals surface area contributed by atoms with E-state index in [0.29, 0.717) is 5.02 Å². The Morgan fingerprint density at radius 3 is 2.43 bits per heavy atom. The summed E-state index contributed by atoms with van der Waals surface area (Å²) < 4.78 is 28.1. The van der Waals surface area contributed by atoms with E-state index in [2.05, 4.69) is 9.71 Å². The molecule has 7 heteroatoms. The third-order valence-electron chi connectivity index (χ3n) is 3.75. The minimum Gasteiger partial charge on any atom is -0.248 e. The Hall–Kier alpha value is -0.950. The molecule has 1 N–H and O–H groups in total. The van der Waals surface area contributed by atoms with Crippen LogP contribution in [0.4, 0.5) is 0 Å². The van der Waals surface area contributed by atoms with Crippen LogP contribution >= 0.6 is 22.9 Å². The van der Waals surface area contributed by atoms with Crippen LogP contribution < -0.4 is 4.72 Å². The molecule has 1 aromatic carbocycles. The molecule has 4 nitrogen and oxygen atoms in total. The summed E-state index contributed by atoms with van der Waals surface area (Å²) in [6.07, 6.45) is 5.29. The van der Waals surface area contributed by atoms with Gasteiger partial charge in [-0.25, -0.2) is 13.4 Å². The molecular formula is C14H15ClN2O2S2. The Balaban J connectivity index is 1.94. The van der Waals surface area contributed by atoms with Crippen LogP contribution in [0.2, 0.25) is 5.02 Å². The monoisotopic (exact) mass is 342 g/mol. The first-order chi connectivity index (χ1) is 10.0. The van der Waals surface area contributed by atoms with E-state index in [-0.39, 0.29) is 4.90 Å². The first-order valence-electron chi connectivity index (χ1n) is 6.71. The SMILES string of the molecule is O=S(=O)(NC1(c2nccs2)CCCC1)c1ccc(Cl)cc1. The van der Waals surface area contributed by atoms with Crippen LogP contribution in [0.1, 0.15) is 30.7 Å². The molecule has 0 unspecified atom stereocenters. The molecule has 2 aromatic rings. The summed E-state index contributed by atoms with van der Waals surface area (Å²) in [6, 6.07) is 6.21. The maximum absolute atomic E-state index is 12.6. The number of rotatable bonds is 4. The topological polar surface area (TPSA) is 59.1 Å². The maximum atomic E-state index is 12.6. The van der Waals surface area contributed by atoms with Crippen molar-refractivity contribution in [2.45, 2.75) is 36.1 Å². The average Bonchev–Trinajstić information content (AvgIpc) is 3.10.